The summed E-state index contributed by atoms with van der Waals surface area (Å²) in [7, 11) is 0. The highest BCUT2D eigenvalue weighted by atomic mass is 79.9. The van der Waals surface area contributed by atoms with E-state index in [4.69, 9.17) is 11.6 Å². The largest absolute Gasteiger partial charge is 0.192 e. The number of nitriles is 1. The molecule has 3 heteroatoms. The van der Waals surface area contributed by atoms with Crippen LogP contribution in [-0.2, 0) is 0 Å². The molecule has 0 aliphatic heterocycles. The van der Waals surface area contributed by atoms with Crippen molar-refractivity contribution in [3.05, 3.63) is 69.2 Å². The summed E-state index contributed by atoms with van der Waals surface area (Å²) in [6, 6.07) is 17.3. The second-order valence-electron chi connectivity index (χ2n) is 3.73. The first-order valence-corrected chi connectivity index (χ1v) is 6.49. The first-order valence-electron chi connectivity index (χ1n) is 5.32. The van der Waals surface area contributed by atoms with Crippen molar-refractivity contribution >= 4 is 39.2 Å². The summed E-state index contributed by atoms with van der Waals surface area (Å²) >= 11 is 9.31. The SMILES string of the molecule is N#CC(=Cc1ccc(Br)cc1)c1cccc(Cl)c1. The van der Waals surface area contributed by atoms with Crippen LogP contribution in [0.5, 0.6) is 0 Å². The third kappa shape index (κ3) is 3.22. The van der Waals surface area contributed by atoms with Crippen LogP contribution < -0.4 is 0 Å². The predicted molar refractivity (Wildman–Crippen MR) is 79.1 cm³/mol. The van der Waals surface area contributed by atoms with Crippen molar-refractivity contribution < 1.29 is 0 Å². The smallest absolute Gasteiger partial charge is 0.0998 e. The second-order valence-corrected chi connectivity index (χ2v) is 5.08. The monoisotopic (exact) mass is 317 g/mol. The third-order valence-electron chi connectivity index (χ3n) is 2.44. The first kappa shape index (κ1) is 12.9. The molecule has 2 aromatic rings. The Balaban J connectivity index is 2.40. The van der Waals surface area contributed by atoms with Gasteiger partial charge in [0.1, 0.15) is 0 Å². The average molecular weight is 319 g/mol. The number of halogens is 2. The molecule has 0 heterocycles. The Hall–Kier alpha value is -1.56. The summed E-state index contributed by atoms with van der Waals surface area (Å²) < 4.78 is 1.01. The lowest BCUT2D eigenvalue weighted by atomic mass is 10.0. The molecule has 0 amide bonds. The van der Waals surface area contributed by atoms with Crippen molar-refractivity contribution in [2.24, 2.45) is 0 Å². The molecule has 0 saturated heterocycles. The van der Waals surface area contributed by atoms with Crippen LogP contribution in [0.2, 0.25) is 5.02 Å². The zero-order valence-corrected chi connectivity index (χ0v) is 11.7. The summed E-state index contributed by atoms with van der Waals surface area (Å²) in [5.74, 6) is 0. The van der Waals surface area contributed by atoms with Crippen molar-refractivity contribution in [1.29, 1.82) is 5.26 Å². The quantitative estimate of drug-likeness (QED) is 0.554. The molecule has 0 fully saturated rings. The summed E-state index contributed by atoms with van der Waals surface area (Å²) in [6.07, 6.45) is 1.85. The van der Waals surface area contributed by atoms with Gasteiger partial charge in [-0.2, -0.15) is 5.26 Å². The molecule has 0 unspecified atom stereocenters. The van der Waals surface area contributed by atoms with E-state index in [0.29, 0.717) is 10.6 Å². The van der Waals surface area contributed by atoms with Gasteiger partial charge in [0.2, 0.25) is 0 Å². The number of nitrogens with zero attached hydrogens (tertiary/aromatic N) is 1. The van der Waals surface area contributed by atoms with E-state index in [2.05, 4.69) is 22.0 Å². The van der Waals surface area contributed by atoms with Gasteiger partial charge in [-0.3, -0.25) is 0 Å². The predicted octanol–water partition coefficient (Wildman–Crippen LogP) is 5.17. The van der Waals surface area contributed by atoms with E-state index in [0.717, 1.165) is 15.6 Å². The van der Waals surface area contributed by atoms with Crippen LogP contribution >= 0.6 is 27.5 Å². The maximum Gasteiger partial charge on any atom is 0.0998 e. The van der Waals surface area contributed by atoms with Crippen molar-refractivity contribution in [3.63, 3.8) is 0 Å². The summed E-state index contributed by atoms with van der Waals surface area (Å²) in [5, 5.41) is 9.84. The maximum absolute atomic E-state index is 9.22. The Labute approximate surface area is 119 Å². The zero-order chi connectivity index (χ0) is 13.0. The minimum absolute atomic E-state index is 0.597. The molecule has 0 N–H and O–H groups in total. The normalized spacial score (nSPS) is 11.1. The van der Waals surface area contributed by atoms with Gasteiger partial charge < -0.3 is 0 Å². The molecular formula is C15H9BrClN. The fraction of sp³-hybridized carbons (Fsp3) is 0. The van der Waals surface area contributed by atoms with Crippen LogP contribution in [0.4, 0.5) is 0 Å². The van der Waals surface area contributed by atoms with Gasteiger partial charge in [-0.25, -0.2) is 0 Å². The van der Waals surface area contributed by atoms with Crippen LogP contribution in [0.15, 0.2) is 53.0 Å². The highest BCUT2D eigenvalue weighted by Crippen LogP contribution is 2.21. The van der Waals surface area contributed by atoms with E-state index in [9.17, 15) is 5.26 Å². The van der Waals surface area contributed by atoms with Crippen LogP contribution in [-0.4, -0.2) is 0 Å². The molecule has 0 aliphatic rings. The Bertz CT molecular complexity index is 624. The maximum atomic E-state index is 9.22. The van der Waals surface area contributed by atoms with Gasteiger partial charge in [0.05, 0.1) is 11.6 Å². The Morgan fingerprint density at radius 3 is 2.50 bits per heavy atom. The lowest BCUT2D eigenvalue weighted by molar-refractivity contribution is 1.52. The van der Waals surface area contributed by atoms with Crippen molar-refractivity contribution in [2.45, 2.75) is 0 Å². The number of allylic oxidation sites excluding steroid dienone is 1. The Morgan fingerprint density at radius 1 is 1.17 bits per heavy atom. The first-order chi connectivity index (χ1) is 8.69. The molecule has 1 nitrogen and oxygen atoms in total. The molecule has 0 aromatic heterocycles. The van der Waals surface area contributed by atoms with Gasteiger partial charge in [0.15, 0.2) is 0 Å². The molecule has 0 bridgehead atoms. The third-order valence-corrected chi connectivity index (χ3v) is 3.20. The lowest BCUT2D eigenvalue weighted by Crippen LogP contribution is -1.82. The minimum Gasteiger partial charge on any atom is -0.192 e. The topological polar surface area (TPSA) is 23.8 Å². The molecule has 0 saturated carbocycles. The standard InChI is InChI=1S/C15H9BrClN/c16-14-6-4-11(5-7-14)8-13(10-18)12-2-1-3-15(17)9-12/h1-9H. The van der Waals surface area contributed by atoms with Gasteiger partial charge >= 0.3 is 0 Å². The fourth-order valence-electron chi connectivity index (χ4n) is 1.56. The fourth-order valence-corrected chi connectivity index (χ4v) is 2.02. The summed E-state index contributed by atoms with van der Waals surface area (Å²) in [4.78, 5) is 0. The Kier molecular flexibility index (Phi) is 4.19. The van der Waals surface area contributed by atoms with Gasteiger partial charge in [-0.1, -0.05) is 51.8 Å². The zero-order valence-electron chi connectivity index (χ0n) is 9.40. The van der Waals surface area contributed by atoms with E-state index in [1.807, 2.05) is 42.5 Å². The van der Waals surface area contributed by atoms with Gasteiger partial charge in [-0.15, -0.1) is 0 Å². The van der Waals surface area contributed by atoms with Gasteiger partial charge in [-0.05, 0) is 41.5 Å². The molecule has 0 aliphatic carbocycles. The molecule has 0 atom stereocenters. The van der Waals surface area contributed by atoms with Crippen LogP contribution in [0.25, 0.3) is 11.6 Å². The molecule has 0 spiro atoms. The van der Waals surface area contributed by atoms with E-state index in [-0.39, 0.29) is 0 Å². The van der Waals surface area contributed by atoms with Crippen LogP contribution in [0.3, 0.4) is 0 Å². The lowest BCUT2D eigenvalue weighted by Gasteiger charge is -2.00. The molecule has 2 rings (SSSR count). The van der Waals surface area contributed by atoms with Crippen LogP contribution in [0.1, 0.15) is 11.1 Å². The van der Waals surface area contributed by atoms with E-state index in [1.54, 1.807) is 12.1 Å². The highest BCUT2D eigenvalue weighted by Gasteiger charge is 2.01. The van der Waals surface area contributed by atoms with Crippen molar-refractivity contribution in [1.82, 2.24) is 0 Å². The van der Waals surface area contributed by atoms with E-state index in [1.165, 1.54) is 0 Å². The highest BCUT2D eigenvalue weighted by molar-refractivity contribution is 9.10. The van der Waals surface area contributed by atoms with Gasteiger partial charge in [0, 0.05) is 9.50 Å². The summed E-state index contributed by atoms with van der Waals surface area (Å²) in [6.45, 7) is 0. The molecule has 2 aromatic carbocycles. The van der Waals surface area contributed by atoms with Crippen molar-refractivity contribution in [2.75, 3.05) is 0 Å². The average Bonchev–Trinajstić information content (AvgIpc) is 2.38. The molecule has 88 valence electrons. The summed E-state index contributed by atoms with van der Waals surface area (Å²) in [5.41, 5.74) is 2.41. The number of hydrogen-bond acceptors (Lipinski definition) is 1. The Morgan fingerprint density at radius 2 is 1.89 bits per heavy atom. The molecular weight excluding hydrogens is 310 g/mol. The van der Waals surface area contributed by atoms with Crippen molar-refractivity contribution in [3.8, 4) is 6.07 Å². The second kappa shape index (κ2) is 5.86. The van der Waals surface area contributed by atoms with Crippen LogP contribution in [0, 0.1) is 11.3 Å². The van der Waals surface area contributed by atoms with Gasteiger partial charge in [0.25, 0.3) is 0 Å². The number of benzene rings is 2. The molecule has 18 heavy (non-hydrogen) atoms. The van der Waals surface area contributed by atoms with E-state index < -0.39 is 0 Å². The van der Waals surface area contributed by atoms with E-state index >= 15 is 0 Å². The molecule has 0 radical (unpaired) electrons. The number of hydrogen-bond donors (Lipinski definition) is 0. The minimum atomic E-state index is 0.597. The number of rotatable bonds is 2.